The minimum atomic E-state index is 0.580. The minimum absolute atomic E-state index is 0.580. The van der Waals surface area contributed by atoms with E-state index in [0.717, 1.165) is 67.8 Å². The average Bonchev–Trinajstić information content (AvgIpc) is 2.68. The first kappa shape index (κ1) is 16.3. The topological polar surface area (TPSA) is 74.2 Å². The molecule has 0 unspecified atom stereocenters. The van der Waals surface area contributed by atoms with Crippen molar-refractivity contribution in [1.29, 1.82) is 0 Å². The molecule has 5 heterocycles. The summed E-state index contributed by atoms with van der Waals surface area (Å²) in [7, 11) is 0. The Bertz CT molecular complexity index is 933. The summed E-state index contributed by atoms with van der Waals surface area (Å²) in [5.41, 5.74) is 0.917. The van der Waals surface area contributed by atoms with E-state index in [1.54, 1.807) is 0 Å². The maximum Gasteiger partial charge on any atom is 0.225 e. The second kappa shape index (κ2) is 6.70. The van der Waals surface area contributed by atoms with Gasteiger partial charge in [-0.3, -0.25) is 9.88 Å². The van der Waals surface area contributed by atoms with Crippen molar-refractivity contribution in [3.05, 3.63) is 42.7 Å². The average molecular weight is 362 g/mol. The van der Waals surface area contributed by atoms with E-state index in [9.17, 15) is 0 Å². The van der Waals surface area contributed by atoms with E-state index >= 15 is 0 Å². The molecule has 2 saturated heterocycles. The summed E-state index contributed by atoms with van der Waals surface area (Å²) in [5.74, 6) is 2.67. The van der Waals surface area contributed by atoms with Crippen molar-refractivity contribution in [2.24, 2.45) is 0 Å². The van der Waals surface area contributed by atoms with Crippen molar-refractivity contribution in [1.82, 2.24) is 29.8 Å². The Balaban J connectivity index is 1.23. The van der Waals surface area contributed by atoms with Gasteiger partial charge in [-0.1, -0.05) is 0 Å². The van der Waals surface area contributed by atoms with Crippen LogP contribution in [0.4, 0.5) is 11.8 Å². The van der Waals surface area contributed by atoms with Crippen molar-refractivity contribution in [2.75, 3.05) is 49.1 Å². The van der Waals surface area contributed by atoms with Gasteiger partial charge in [-0.2, -0.15) is 0 Å². The highest BCUT2D eigenvalue weighted by atomic mass is 15.4. The third kappa shape index (κ3) is 3.06. The van der Waals surface area contributed by atoms with Crippen LogP contribution in [0.5, 0.6) is 0 Å². The number of aryl methyl sites for hydroxylation is 1. The van der Waals surface area contributed by atoms with Gasteiger partial charge in [-0.25, -0.2) is 19.9 Å². The van der Waals surface area contributed by atoms with Gasteiger partial charge in [-0.15, -0.1) is 0 Å². The van der Waals surface area contributed by atoms with Crippen LogP contribution in [0.2, 0.25) is 0 Å². The van der Waals surface area contributed by atoms with E-state index in [1.807, 2.05) is 43.8 Å². The first-order valence-corrected chi connectivity index (χ1v) is 9.37. The number of hydrogen-bond donors (Lipinski definition) is 0. The third-order valence-corrected chi connectivity index (χ3v) is 5.42. The Morgan fingerprint density at radius 3 is 2.48 bits per heavy atom. The van der Waals surface area contributed by atoms with Crippen molar-refractivity contribution < 1.29 is 0 Å². The van der Waals surface area contributed by atoms with Crippen molar-refractivity contribution in [3.8, 4) is 0 Å². The van der Waals surface area contributed by atoms with Gasteiger partial charge in [0.1, 0.15) is 11.6 Å². The smallest absolute Gasteiger partial charge is 0.225 e. The normalized spacial score (nSPS) is 18.7. The molecule has 0 bridgehead atoms. The fourth-order valence-electron chi connectivity index (χ4n) is 3.92. The predicted molar refractivity (Wildman–Crippen MR) is 104 cm³/mol. The maximum atomic E-state index is 4.70. The summed E-state index contributed by atoms with van der Waals surface area (Å²) in [6.07, 6.45) is 7.24. The summed E-state index contributed by atoms with van der Waals surface area (Å²) < 4.78 is 0. The monoisotopic (exact) mass is 362 g/mol. The molecular weight excluding hydrogens is 340 g/mol. The lowest BCUT2D eigenvalue weighted by molar-refractivity contribution is 0.156. The Hall–Kier alpha value is -2.87. The van der Waals surface area contributed by atoms with Crippen LogP contribution >= 0.6 is 0 Å². The Kier molecular flexibility index (Phi) is 4.05. The molecule has 138 valence electrons. The molecule has 0 spiro atoms. The van der Waals surface area contributed by atoms with Crippen LogP contribution in [0.25, 0.3) is 10.9 Å². The Labute approximate surface area is 157 Å². The zero-order valence-corrected chi connectivity index (χ0v) is 15.4. The number of nitrogens with zero attached hydrogens (tertiary/aromatic N) is 8. The fourth-order valence-corrected chi connectivity index (χ4v) is 3.92. The highest BCUT2D eigenvalue weighted by Gasteiger charge is 2.35. The predicted octanol–water partition coefficient (Wildman–Crippen LogP) is 1.13. The molecule has 2 aliphatic heterocycles. The van der Waals surface area contributed by atoms with Gasteiger partial charge in [0.05, 0.1) is 11.7 Å². The highest BCUT2D eigenvalue weighted by Crippen LogP contribution is 2.29. The van der Waals surface area contributed by atoms with Gasteiger partial charge in [0.2, 0.25) is 5.95 Å². The molecule has 8 heteroatoms. The molecule has 5 rings (SSSR count). The summed E-state index contributed by atoms with van der Waals surface area (Å²) in [6.45, 7) is 8.00. The second-order valence-corrected chi connectivity index (χ2v) is 7.12. The molecule has 0 amide bonds. The summed E-state index contributed by atoms with van der Waals surface area (Å²) in [4.78, 5) is 29.3. The molecule has 0 radical (unpaired) electrons. The number of anilines is 2. The molecule has 27 heavy (non-hydrogen) atoms. The van der Waals surface area contributed by atoms with E-state index < -0.39 is 0 Å². The minimum Gasteiger partial charge on any atom is -0.353 e. The molecule has 2 aliphatic rings. The van der Waals surface area contributed by atoms with Gasteiger partial charge < -0.3 is 9.80 Å². The van der Waals surface area contributed by atoms with Gasteiger partial charge >= 0.3 is 0 Å². The van der Waals surface area contributed by atoms with E-state index in [2.05, 4.69) is 34.6 Å². The molecule has 8 nitrogen and oxygen atoms in total. The van der Waals surface area contributed by atoms with Crippen molar-refractivity contribution >= 4 is 22.7 Å². The van der Waals surface area contributed by atoms with Crippen molar-refractivity contribution in [2.45, 2.75) is 13.0 Å². The number of aromatic nitrogens is 5. The molecule has 3 aromatic heterocycles. The Morgan fingerprint density at radius 2 is 1.70 bits per heavy atom. The van der Waals surface area contributed by atoms with E-state index in [0.29, 0.717) is 6.04 Å². The zero-order chi connectivity index (χ0) is 18.2. The lowest BCUT2D eigenvalue weighted by Crippen LogP contribution is -2.63. The lowest BCUT2D eigenvalue weighted by Gasteiger charge is -2.48. The van der Waals surface area contributed by atoms with Crippen LogP contribution in [0.1, 0.15) is 5.82 Å². The van der Waals surface area contributed by atoms with Crippen LogP contribution in [0.15, 0.2) is 36.9 Å². The van der Waals surface area contributed by atoms with Crippen LogP contribution in [-0.2, 0) is 0 Å². The summed E-state index contributed by atoms with van der Waals surface area (Å²) in [5, 5.41) is 1.08. The molecule has 3 aromatic rings. The molecule has 0 aromatic carbocycles. The molecule has 0 saturated carbocycles. The summed E-state index contributed by atoms with van der Waals surface area (Å²) >= 11 is 0. The number of fused-ring (bicyclic) bond motifs is 1. The largest absolute Gasteiger partial charge is 0.353 e. The van der Waals surface area contributed by atoms with E-state index in [-0.39, 0.29) is 0 Å². The number of rotatable bonds is 3. The van der Waals surface area contributed by atoms with Crippen LogP contribution in [0.3, 0.4) is 0 Å². The molecule has 0 atom stereocenters. The first-order valence-electron chi connectivity index (χ1n) is 9.37. The molecule has 0 aliphatic carbocycles. The quantitative estimate of drug-likeness (QED) is 0.687. The number of hydrogen-bond acceptors (Lipinski definition) is 8. The SMILES string of the molecule is Cc1nc(N2CC(N3CCN(c4ncccn4)CC3)C2)c2ccncc2n1. The molecule has 2 fully saturated rings. The maximum absolute atomic E-state index is 4.70. The molecule has 0 N–H and O–H groups in total. The second-order valence-electron chi connectivity index (χ2n) is 7.12. The standard InChI is InChI=1S/C19H22N8/c1-14-23-17-11-20-6-3-16(17)18(24-14)27-12-15(13-27)25-7-9-26(10-8-25)19-21-4-2-5-22-19/h2-6,11,15H,7-10,12-13H2,1H3. The highest BCUT2D eigenvalue weighted by molar-refractivity contribution is 5.89. The fraction of sp³-hybridized carbons (Fsp3) is 0.421. The van der Waals surface area contributed by atoms with Gasteiger partial charge in [0.15, 0.2) is 0 Å². The van der Waals surface area contributed by atoms with Crippen LogP contribution in [0, 0.1) is 6.92 Å². The van der Waals surface area contributed by atoms with E-state index in [4.69, 9.17) is 4.98 Å². The lowest BCUT2D eigenvalue weighted by atomic mass is 10.1. The summed E-state index contributed by atoms with van der Waals surface area (Å²) in [6, 6.07) is 4.45. The van der Waals surface area contributed by atoms with Crippen LogP contribution < -0.4 is 9.80 Å². The van der Waals surface area contributed by atoms with Gasteiger partial charge in [0, 0.05) is 69.3 Å². The van der Waals surface area contributed by atoms with Gasteiger partial charge in [0.25, 0.3) is 0 Å². The van der Waals surface area contributed by atoms with Crippen molar-refractivity contribution in [3.63, 3.8) is 0 Å². The van der Waals surface area contributed by atoms with Gasteiger partial charge in [-0.05, 0) is 19.1 Å². The number of pyridine rings is 1. The molecular formula is C19H22N8. The van der Waals surface area contributed by atoms with E-state index in [1.165, 1.54) is 0 Å². The Morgan fingerprint density at radius 1 is 0.926 bits per heavy atom. The third-order valence-electron chi connectivity index (χ3n) is 5.42. The number of piperazine rings is 1. The zero-order valence-electron chi connectivity index (χ0n) is 15.4. The van der Waals surface area contributed by atoms with Crippen LogP contribution in [-0.4, -0.2) is 75.1 Å². The first-order chi connectivity index (χ1) is 13.3.